The smallest absolute Gasteiger partial charge is 0.315 e. The Kier molecular flexibility index (Phi) is 6.11. The number of morpholine rings is 1. The minimum Gasteiger partial charge on any atom is -0.379 e. The van der Waals surface area contributed by atoms with Gasteiger partial charge in [-0.1, -0.05) is 23.7 Å². The lowest BCUT2D eigenvalue weighted by molar-refractivity contribution is 0.109. The van der Waals surface area contributed by atoms with Crippen LogP contribution in [-0.4, -0.2) is 38.9 Å². The topological polar surface area (TPSA) is 62.4 Å². The van der Waals surface area contributed by atoms with Crippen LogP contribution in [0.5, 0.6) is 0 Å². The van der Waals surface area contributed by atoms with Crippen molar-refractivity contribution in [3.63, 3.8) is 0 Å². The van der Waals surface area contributed by atoms with Crippen molar-refractivity contribution in [2.24, 2.45) is 0 Å². The van der Waals surface area contributed by atoms with Crippen LogP contribution in [0.1, 0.15) is 18.0 Å². The lowest BCUT2D eigenvalue weighted by Crippen LogP contribution is -2.44. The maximum atomic E-state index is 11.1. The van der Waals surface area contributed by atoms with Crippen molar-refractivity contribution in [1.82, 2.24) is 16.0 Å². The molecule has 0 aliphatic carbocycles. The van der Waals surface area contributed by atoms with E-state index in [0.717, 1.165) is 38.3 Å². The molecule has 5 nitrogen and oxygen atoms in total. The number of ether oxygens (including phenoxy) is 1. The number of nitrogens with one attached hydrogen (secondary N) is 3. The van der Waals surface area contributed by atoms with Crippen molar-refractivity contribution >= 4 is 17.6 Å². The van der Waals surface area contributed by atoms with Crippen LogP contribution in [0.2, 0.25) is 5.02 Å². The molecular formula is C14H20ClN3O2. The van der Waals surface area contributed by atoms with Crippen LogP contribution in [0.15, 0.2) is 24.3 Å². The molecule has 2 fully saturated rings. The number of carbonyl (C=O) groups is 1. The van der Waals surface area contributed by atoms with Gasteiger partial charge in [-0.2, -0.15) is 0 Å². The van der Waals surface area contributed by atoms with Crippen LogP contribution in [-0.2, 0) is 4.74 Å². The summed E-state index contributed by atoms with van der Waals surface area (Å²) in [6.45, 7) is 4.54. The summed E-state index contributed by atoms with van der Waals surface area (Å²) in [6.07, 6.45) is 0.895. The van der Waals surface area contributed by atoms with E-state index in [1.54, 1.807) is 0 Å². The molecule has 1 aromatic carbocycles. The maximum Gasteiger partial charge on any atom is 0.315 e. The molecule has 20 heavy (non-hydrogen) atoms. The number of carbonyl (C=O) groups excluding carboxylic acids is 1. The van der Waals surface area contributed by atoms with Crippen LogP contribution in [0.25, 0.3) is 0 Å². The average Bonchev–Trinajstić information content (AvgIpc) is 2.50. The molecule has 0 aromatic heterocycles. The van der Waals surface area contributed by atoms with Gasteiger partial charge < -0.3 is 20.7 Å². The van der Waals surface area contributed by atoms with E-state index in [0.29, 0.717) is 11.6 Å². The van der Waals surface area contributed by atoms with E-state index in [1.165, 1.54) is 0 Å². The van der Waals surface area contributed by atoms with E-state index in [-0.39, 0.29) is 12.1 Å². The number of urea groups is 1. The van der Waals surface area contributed by atoms with E-state index < -0.39 is 0 Å². The Morgan fingerprint density at radius 1 is 1.20 bits per heavy atom. The van der Waals surface area contributed by atoms with Crippen molar-refractivity contribution < 1.29 is 9.53 Å². The summed E-state index contributed by atoms with van der Waals surface area (Å²) in [6, 6.07) is 7.56. The minimum atomic E-state index is -0.110. The van der Waals surface area contributed by atoms with E-state index >= 15 is 0 Å². The second-order valence-electron chi connectivity index (χ2n) is 4.66. The minimum absolute atomic E-state index is 0.0856. The summed E-state index contributed by atoms with van der Waals surface area (Å²) in [5, 5.41) is 9.43. The van der Waals surface area contributed by atoms with Gasteiger partial charge in [0.25, 0.3) is 0 Å². The first kappa shape index (κ1) is 15.1. The highest BCUT2D eigenvalue weighted by molar-refractivity contribution is 6.30. The first-order chi connectivity index (χ1) is 9.75. The lowest BCUT2D eigenvalue weighted by Gasteiger charge is -2.24. The molecule has 2 amide bonds. The molecule has 2 heterocycles. The summed E-state index contributed by atoms with van der Waals surface area (Å²) >= 11 is 5.87. The van der Waals surface area contributed by atoms with E-state index in [2.05, 4.69) is 16.0 Å². The van der Waals surface area contributed by atoms with E-state index in [1.807, 2.05) is 24.3 Å². The molecule has 6 heteroatoms. The van der Waals surface area contributed by atoms with Crippen molar-refractivity contribution in [1.29, 1.82) is 0 Å². The Morgan fingerprint density at radius 2 is 2.00 bits per heavy atom. The Bertz CT molecular complexity index is 427. The van der Waals surface area contributed by atoms with E-state index in [9.17, 15) is 4.79 Å². The van der Waals surface area contributed by atoms with Crippen molar-refractivity contribution in [2.45, 2.75) is 12.5 Å². The normalized spacial score (nSPS) is 22.1. The molecule has 2 aliphatic heterocycles. The van der Waals surface area contributed by atoms with Crippen LogP contribution in [0.4, 0.5) is 4.79 Å². The van der Waals surface area contributed by atoms with Gasteiger partial charge in [0.05, 0.1) is 19.3 Å². The third-order valence-corrected chi connectivity index (χ3v) is 3.36. The number of rotatable bonds is 1. The van der Waals surface area contributed by atoms with Gasteiger partial charge in [-0.3, -0.25) is 0 Å². The highest BCUT2D eigenvalue weighted by Crippen LogP contribution is 2.21. The summed E-state index contributed by atoms with van der Waals surface area (Å²) in [5.74, 6) is 0. The summed E-state index contributed by atoms with van der Waals surface area (Å²) in [5.41, 5.74) is 1.06. The fourth-order valence-electron chi connectivity index (χ4n) is 2.10. The van der Waals surface area contributed by atoms with Gasteiger partial charge in [0.15, 0.2) is 0 Å². The van der Waals surface area contributed by atoms with Crippen LogP contribution < -0.4 is 16.0 Å². The monoisotopic (exact) mass is 297 g/mol. The summed E-state index contributed by atoms with van der Waals surface area (Å²) in [4.78, 5) is 11.1. The van der Waals surface area contributed by atoms with Gasteiger partial charge in [0.1, 0.15) is 0 Å². The Morgan fingerprint density at radius 3 is 2.55 bits per heavy atom. The molecule has 2 saturated heterocycles. The maximum absolute atomic E-state index is 11.1. The molecule has 1 aromatic rings. The number of amides is 2. The molecule has 1 unspecified atom stereocenters. The van der Waals surface area contributed by atoms with Crippen LogP contribution in [0, 0.1) is 0 Å². The van der Waals surface area contributed by atoms with Crippen molar-refractivity contribution in [2.75, 3.05) is 32.8 Å². The second-order valence-corrected chi connectivity index (χ2v) is 5.10. The van der Waals surface area contributed by atoms with Crippen molar-refractivity contribution in [3.8, 4) is 0 Å². The zero-order valence-electron chi connectivity index (χ0n) is 11.3. The molecule has 0 radical (unpaired) electrons. The zero-order valence-corrected chi connectivity index (χ0v) is 12.1. The number of hydrogen-bond donors (Lipinski definition) is 3. The van der Waals surface area contributed by atoms with Gasteiger partial charge in [0, 0.05) is 24.7 Å². The lowest BCUT2D eigenvalue weighted by atomic mass is 10.0. The fourth-order valence-corrected chi connectivity index (χ4v) is 2.30. The predicted molar refractivity (Wildman–Crippen MR) is 79.0 cm³/mol. The van der Waals surface area contributed by atoms with E-state index in [4.69, 9.17) is 16.3 Å². The third kappa shape index (κ3) is 5.00. The number of halogens is 1. The zero-order chi connectivity index (χ0) is 14.2. The molecule has 3 rings (SSSR count). The Hall–Kier alpha value is -1.30. The highest BCUT2D eigenvalue weighted by atomic mass is 35.5. The molecule has 0 bridgehead atoms. The molecular weight excluding hydrogens is 278 g/mol. The molecule has 0 saturated carbocycles. The fraction of sp³-hybridized carbons (Fsp3) is 0.500. The number of hydrogen-bond acceptors (Lipinski definition) is 3. The van der Waals surface area contributed by atoms with Crippen LogP contribution in [0.3, 0.4) is 0 Å². The third-order valence-electron chi connectivity index (χ3n) is 3.12. The van der Waals surface area contributed by atoms with Gasteiger partial charge in [0.2, 0.25) is 0 Å². The van der Waals surface area contributed by atoms with Crippen molar-refractivity contribution in [3.05, 3.63) is 34.9 Å². The first-order valence-electron chi connectivity index (χ1n) is 6.84. The molecule has 2 aliphatic rings. The SMILES string of the molecule is C1COCCN1.O=C1NCCC(c2cccc(Cl)c2)N1. The summed E-state index contributed by atoms with van der Waals surface area (Å²) in [7, 11) is 0. The van der Waals surface area contributed by atoms with Gasteiger partial charge in [-0.25, -0.2) is 4.79 Å². The highest BCUT2D eigenvalue weighted by Gasteiger charge is 2.18. The predicted octanol–water partition coefficient (Wildman–Crippen LogP) is 1.69. The molecule has 3 N–H and O–H groups in total. The first-order valence-corrected chi connectivity index (χ1v) is 7.22. The number of benzene rings is 1. The Labute approximate surface area is 124 Å². The summed E-state index contributed by atoms with van der Waals surface area (Å²) < 4.78 is 5.01. The second kappa shape index (κ2) is 8.09. The molecule has 0 spiro atoms. The Balaban J connectivity index is 0.000000205. The largest absolute Gasteiger partial charge is 0.379 e. The van der Waals surface area contributed by atoms with Gasteiger partial charge >= 0.3 is 6.03 Å². The van der Waals surface area contributed by atoms with Crippen LogP contribution >= 0.6 is 11.6 Å². The quantitative estimate of drug-likeness (QED) is 0.739. The molecule has 110 valence electrons. The van der Waals surface area contributed by atoms with Gasteiger partial charge in [-0.15, -0.1) is 0 Å². The van der Waals surface area contributed by atoms with Gasteiger partial charge in [-0.05, 0) is 24.1 Å². The average molecular weight is 298 g/mol. The standard InChI is InChI=1S/C10H11ClN2O.C4H9NO/c11-8-3-1-2-7(6-8)9-4-5-12-10(14)13-9;1-3-6-4-2-5-1/h1-3,6,9H,4-5H2,(H2,12,13,14);5H,1-4H2. The molecule has 1 atom stereocenters.